The van der Waals surface area contributed by atoms with Gasteiger partial charge < -0.3 is 15.6 Å². The van der Waals surface area contributed by atoms with E-state index in [9.17, 15) is 18.8 Å². The van der Waals surface area contributed by atoms with Gasteiger partial charge in [-0.05, 0) is 30.7 Å². The highest BCUT2D eigenvalue weighted by atomic mass is 32.2. The second-order valence-corrected chi connectivity index (χ2v) is 6.87. The highest BCUT2D eigenvalue weighted by Gasteiger charge is 2.34. The molecule has 136 valence electrons. The fourth-order valence-electron chi connectivity index (χ4n) is 2.60. The van der Waals surface area contributed by atoms with Crippen LogP contribution < -0.4 is 16.2 Å². The fraction of sp³-hybridized carbons (Fsp3) is 0.294. The number of nitrogens with one attached hydrogen (secondary N) is 3. The molecule has 2 aromatic rings. The molecule has 0 unspecified atom stereocenters. The lowest BCUT2D eigenvalue weighted by Gasteiger charge is -2.23. The summed E-state index contributed by atoms with van der Waals surface area (Å²) < 4.78 is 13.0. The van der Waals surface area contributed by atoms with E-state index in [4.69, 9.17) is 0 Å². The minimum absolute atomic E-state index is 0.114. The zero-order valence-electron chi connectivity index (χ0n) is 14.0. The van der Waals surface area contributed by atoms with Crippen LogP contribution >= 0.6 is 11.8 Å². The topological polar surface area (TPSA) is 104 Å². The molecule has 1 aliphatic heterocycles. The van der Waals surface area contributed by atoms with Crippen LogP contribution in [0.2, 0.25) is 0 Å². The quantitative estimate of drug-likeness (QED) is 0.549. The van der Waals surface area contributed by atoms with Crippen molar-refractivity contribution in [3.05, 3.63) is 46.0 Å². The van der Waals surface area contributed by atoms with Gasteiger partial charge in [0, 0.05) is 17.9 Å². The van der Waals surface area contributed by atoms with E-state index >= 15 is 0 Å². The van der Waals surface area contributed by atoms with Crippen molar-refractivity contribution in [2.45, 2.75) is 30.8 Å². The zero-order valence-corrected chi connectivity index (χ0v) is 14.8. The largest absolute Gasteiger partial charge is 0.326 e. The fourth-order valence-corrected chi connectivity index (χ4v) is 3.32. The van der Waals surface area contributed by atoms with Gasteiger partial charge in [0.1, 0.15) is 11.6 Å². The summed E-state index contributed by atoms with van der Waals surface area (Å²) >= 11 is 1.37. The lowest BCUT2D eigenvalue weighted by Crippen LogP contribution is -2.36. The van der Waals surface area contributed by atoms with Crippen LogP contribution in [0.15, 0.2) is 34.2 Å². The summed E-state index contributed by atoms with van der Waals surface area (Å²) in [6.07, 6.45) is 0.743. The van der Waals surface area contributed by atoms with Gasteiger partial charge in [-0.1, -0.05) is 18.7 Å². The number of fused-ring (bicyclic) bond motifs is 1. The Bertz CT molecular complexity index is 898. The van der Waals surface area contributed by atoms with Gasteiger partial charge in [-0.3, -0.25) is 14.4 Å². The monoisotopic (exact) mass is 376 g/mol. The van der Waals surface area contributed by atoms with Crippen LogP contribution in [-0.4, -0.2) is 27.5 Å². The van der Waals surface area contributed by atoms with E-state index in [2.05, 4.69) is 20.6 Å². The van der Waals surface area contributed by atoms with Crippen molar-refractivity contribution in [1.82, 2.24) is 9.97 Å². The number of aromatic nitrogens is 2. The number of thioether (sulfide) groups is 1. The van der Waals surface area contributed by atoms with E-state index in [-0.39, 0.29) is 23.7 Å². The van der Waals surface area contributed by atoms with Crippen LogP contribution in [-0.2, 0) is 9.59 Å². The summed E-state index contributed by atoms with van der Waals surface area (Å²) in [4.78, 5) is 44.0. The number of amides is 2. The molecule has 26 heavy (non-hydrogen) atoms. The first-order valence-corrected chi connectivity index (χ1v) is 9.09. The summed E-state index contributed by atoms with van der Waals surface area (Å²) in [6, 6.07) is 5.24. The number of carbonyl (C=O) groups is 2. The Balaban J connectivity index is 1.90. The van der Waals surface area contributed by atoms with Gasteiger partial charge in [0.15, 0.2) is 5.16 Å². The van der Waals surface area contributed by atoms with Crippen LogP contribution in [0.5, 0.6) is 0 Å². The van der Waals surface area contributed by atoms with Crippen molar-refractivity contribution in [1.29, 1.82) is 0 Å². The summed E-state index contributed by atoms with van der Waals surface area (Å²) in [5.41, 5.74) is 0.0568. The number of hydrogen-bond acceptors (Lipinski definition) is 5. The predicted molar refractivity (Wildman–Crippen MR) is 96.9 cm³/mol. The number of aromatic amines is 1. The molecule has 1 atom stereocenters. The first-order valence-electron chi connectivity index (χ1n) is 8.11. The van der Waals surface area contributed by atoms with Gasteiger partial charge in [0.05, 0.1) is 11.5 Å². The van der Waals surface area contributed by atoms with E-state index in [1.807, 2.05) is 6.92 Å². The van der Waals surface area contributed by atoms with Gasteiger partial charge in [-0.15, -0.1) is 0 Å². The standard InChI is InChI=1S/C17H17FN4O3S/c1-2-7-26-17-21-14-13(16(25)22-17)11(8-12(23)20-14)15(24)19-10-5-3-9(18)4-6-10/h3-6,11H,2,7-8H2,1H3,(H,19,24)(H2,20,21,22,23,25)/t11-/m0/s1. The molecular weight excluding hydrogens is 359 g/mol. The van der Waals surface area contributed by atoms with Gasteiger partial charge in [-0.25, -0.2) is 9.37 Å². The second kappa shape index (κ2) is 7.69. The molecule has 0 fully saturated rings. The molecule has 0 spiro atoms. The molecular formula is C17H17FN4O3S. The Labute approximate surface area is 152 Å². The number of nitrogens with zero attached hydrogens (tertiary/aromatic N) is 1. The third-order valence-corrected chi connectivity index (χ3v) is 4.88. The van der Waals surface area contributed by atoms with Gasteiger partial charge >= 0.3 is 0 Å². The zero-order chi connectivity index (χ0) is 18.7. The van der Waals surface area contributed by atoms with Crippen LogP contribution in [0.3, 0.4) is 0 Å². The molecule has 9 heteroatoms. The van der Waals surface area contributed by atoms with Crippen molar-refractivity contribution in [2.75, 3.05) is 16.4 Å². The lowest BCUT2D eigenvalue weighted by molar-refractivity contribution is -0.123. The predicted octanol–water partition coefficient (Wildman–Crippen LogP) is 2.48. The summed E-state index contributed by atoms with van der Waals surface area (Å²) in [5, 5.41) is 5.56. The van der Waals surface area contributed by atoms with E-state index in [0.29, 0.717) is 10.8 Å². The number of hydrogen-bond donors (Lipinski definition) is 3. The van der Waals surface area contributed by atoms with E-state index in [0.717, 1.165) is 12.2 Å². The number of carbonyl (C=O) groups excluding carboxylic acids is 2. The van der Waals surface area contributed by atoms with Crippen LogP contribution in [0, 0.1) is 5.82 Å². The Kier molecular flexibility index (Phi) is 5.36. The van der Waals surface area contributed by atoms with Crippen molar-refractivity contribution in [3.8, 4) is 0 Å². The van der Waals surface area contributed by atoms with Crippen molar-refractivity contribution in [3.63, 3.8) is 0 Å². The first kappa shape index (κ1) is 18.1. The molecule has 0 saturated heterocycles. The SMILES string of the molecule is CCCSc1nc2c(c(=O)[nH]1)[C@@H](C(=O)Nc1ccc(F)cc1)CC(=O)N2. The molecule has 1 aromatic heterocycles. The highest BCUT2D eigenvalue weighted by Crippen LogP contribution is 2.30. The Morgan fingerprint density at radius 2 is 2.08 bits per heavy atom. The Morgan fingerprint density at radius 3 is 2.77 bits per heavy atom. The first-order chi connectivity index (χ1) is 12.5. The van der Waals surface area contributed by atoms with Crippen LogP contribution in [0.25, 0.3) is 0 Å². The van der Waals surface area contributed by atoms with Crippen LogP contribution in [0.1, 0.15) is 31.2 Å². The van der Waals surface area contributed by atoms with E-state index < -0.39 is 23.2 Å². The van der Waals surface area contributed by atoms with E-state index in [1.54, 1.807) is 0 Å². The number of rotatable bonds is 5. The normalized spacial score (nSPS) is 15.9. The summed E-state index contributed by atoms with van der Waals surface area (Å²) in [5.74, 6) is -1.42. The molecule has 0 aliphatic carbocycles. The third kappa shape index (κ3) is 3.93. The van der Waals surface area contributed by atoms with Crippen LogP contribution in [0.4, 0.5) is 15.9 Å². The minimum Gasteiger partial charge on any atom is -0.326 e. The molecule has 0 saturated carbocycles. The molecule has 2 amide bonds. The molecule has 2 heterocycles. The van der Waals surface area contributed by atoms with Crippen molar-refractivity contribution < 1.29 is 14.0 Å². The molecule has 1 aliphatic rings. The second-order valence-electron chi connectivity index (χ2n) is 5.78. The Hall–Kier alpha value is -2.68. The molecule has 0 bridgehead atoms. The minimum atomic E-state index is -0.967. The molecule has 0 radical (unpaired) electrons. The van der Waals surface area contributed by atoms with E-state index in [1.165, 1.54) is 36.0 Å². The summed E-state index contributed by atoms with van der Waals surface area (Å²) in [6.45, 7) is 2.00. The number of benzene rings is 1. The van der Waals surface area contributed by atoms with Crippen molar-refractivity contribution in [2.24, 2.45) is 0 Å². The van der Waals surface area contributed by atoms with Gasteiger partial charge in [0.2, 0.25) is 11.8 Å². The van der Waals surface area contributed by atoms with Gasteiger partial charge in [0.25, 0.3) is 5.56 Å². The maximum atomic E-state index is 13.0. The summed E-state index contributed by atoms with van der Waals surface area (Å²) in [7, 11) is 0. The third-order valence-electron chi connectivity index (χ3n) is 3.80. The van der Waals surface area contributed by atoms with Crippen molar-refractivity contribution >= 4 is 35.1 Å². The average molecular weight is 376 g/mol. The smallest absolute Gasteiger partial charge is 0.257 e. The average Bonchev–Trinajstić information content (AvgIpc) is 2.60. The number of halogens is 1. The maximum absolute atomic E-state index is 13.0. The highest BCUT2D eigenvalue weighted by molar-refractivity contribution is 7.99. The Morgan fingerprint density at radius 1 is 1.35 bits per heavy atom. The maximum Gasteiger partial charge on any atom is 0.257 e. The molecule has 3 N–H and O–H groups in total. The molecule has 7 nitrogen and oxygen atoms in total. The lowest BCUT2D eigenvalue weighted by atomic mass is 9.92. The van der Waals surface area contributed by atoms with Gasteiger partial charge in [-0.2, -0.15) is 0 Å². The number of anilines is 2. The number of H-pyrrole nitrogens is 1. The molecule has 1 aromatic carbocycles. The molecule has 3 rings (SSSR count).